The van der Waals surface area contributed by atoms with Crippen LogP contribution in [0.1, 0.15) is 54.7 Å². The van der Waals surface area contributed by atoms with Crippen LogP contribution in [0.3, 0.4) is 0 Å². The molecule has 1 heterocycles. The summed E-state index contributed by atoms with van der Waals surface area (Å²) in [6.07, 6.45) is 9.98. The molecule has 1 aromatic heterocycles. The van der Waals surface area contributed by atoms with Gasteiger partial charge in [0.2, 0.25) is 0 Å². The molecule has 0 bridgehead atoms. The quantitative estimate of drug-likeness (QED) is 0.435. The molecule has 1 aromatic rings. The van der Waals surface area contributed by atoms with Crippen molar-refractivity contribution in [3.63, 3.8) is 0 Å². The lowest BCUT2D eigenvalue weighted by molar-refractivity contribution is 0.428. The summed E-state index contributed by atoms with van der Waals surface area (Å²) in [6, 6.07) is 4.40. The number of halogens is 2. The fourth-order valence-electron chi connectivity index (χ4n) is 2.51. The highest BCUT2D eigenvalue weighted by molar-refractivity contribution is 9.11. The normalized spacial score (nSPS) is 20.6. The number of hydrogen-bond acceptors (Lipinski definition) is 1. The summed E-state index contributed by atoms with van der Waals surface area (Å²) in [5.74, 6) is 0.938. The second kappa shape index (κ2) is 6.55. The van der Waals surface area contributed by atoms with E-state index < -0.39 is 0 Å². The molecule has 0 N–H and O–H groups in total. The Morgan fingerprint density at radius 1 is 1.19 bits per heavy atom. The highest BCUT2D eigenvalue weighted by Crippen LogP contribution is 2.39. The van der Waals surface area contributed by atoms with Gasteiger partial charge in [-0.1, -0.05) is 54.5 Å². The maximum absolute atomic E-state index is 3.85. The van der Waals surface area contributed by atoms with E-state index in [9.17, 15) is 0 Å². The summed E-state index contributed by atoms with van der Waals surface area (Å²) in [5, 5.41) is 0. The molecule has 3 heteroatoms. The van der Waals surface area contributed by atoms with Crippen LogP contribution in [0.5, 0.6) is 0 Å². The van der Waals surface area contributed by atoms with Crippen molar-refractivity contribution >= 4 is 43.2 Å². The van der Waals surface area contributed by atoms with Gasteiger partial charge in [-0.2, -0.15) is 0 Å². The Morgan fingerprint density at radius 2 is 1.88 bits per heavy atom. The van der Waals surface area contributed by atoms with Gasteiger partial charge in [-0.3, -0.25) is 0 Å². The maximum Gasteiger partial charge on any atom is 0.0701 e. The molecule has 0 amide bonds. The molecule has 1 unspecified atom stereocenters. The molecule has 0 aliphatic heterocycles. The van der Waals surface area contributed by atoms with Gasteiger partial charge in [-0.05, 0) is 40.4 Å². The van der Waals surface area contributed by atoms with Gasteiger partial charge in [-0.15, -0.1) is 11.3 Å². The Bertz CT molecular complexity index is 313. The van der Waals surface area contributed by atoms with Gasteiger partial charge in [0.15, 0.2) is 0 Å². The predicted octanol–water partition coefficient (Wildman–Crippen LogP) is 6.31. The standard InChI is InChI=1S/C13H18Br2S/c14-11(12-7-8-13(15)16-12)9-10-5-3-1-2-4-6-10/h7-8,10-11H,1-6,9H2. The minimum atomic E-state index is 0.562. The van der Waals surface area contributed by atoms with Crippen molar-refractivity contribution in [2.45, 2.75) is 49.8 Å². The van der Waals surface area contributed by atoms with Crippen molar-refractivity contribution in [1.82, 2.24) is 0 Å². The molecule has 0 nitrogen and oxygen atoms in total. The lowest BCUT2D eigenvalue weighted by Gasteiger charge is -2.17. The van der Waals surface area contributed by atoms with Crippen molar-refractivity contribution in [3.05, 3.63) is 20.8 Å². The van der Waals surface area contributed by atoms with Crippen LogP contribution in [-0.2, 0) is 0 Å². The zero-order chi connectivity index (χ0) is 11.4. The van der Waals surface area contributed by atoms with E-state index in [1.54, 1.807) is 0 Å². The summed E-state index contributed by atoms with van der Waals surface area (Å²) in [4.78, 5) is 2.03. The Morgan fingerprint density at radius 3 is 2.44 bits per heavy atom. The van der Waals surface area contributed by atoms with Crippen molar-refractivity contribution in [2.24, 2.45) is 5.92 Å². The Balaban J connectivity index is 1.88. The first-order valence-corrected chi connectivity index (χ1v) is 8.67. The highest BCUT2D eigenvalue weighted by Gasteiger charge is 2.18. The van der Waals surface area contributed by atoms with Gasteiger partial charge in [0.05, 0.1) is 3.79 Å². The number of alkyl halides is 1. The van der Waals surface area contributed by atoms with Crippen LogP contribution in [-0.4, -0.2) is 0 Å². The molecule has 1 fully saturated rings. The molecule has 2 rings (SSSR count). The van der Waals surface area contributed by atoms with Gasteiger partial charge in [0.25, 0.3) is 0 Å². The monoisotopic (exact) mass is 364 g/mol. The molecular weight excluding hydrogens is 348 g/mol. The highest BCUT2D eigenvalue weighted by atomic mass is 79.9. The molecule has 16 heavy (non-hydrogen) atoms. The lowest BCUT2D eigenvalue weighted by atomic mass is 9.95. The van der Waals surface area contributed by atoms with Gasteiger partial charge < -0.3 is 0 Å². The van der Waals surface area contributed by atoms with Gasteiger partial charge >= 0.3 is 0 Å². The summed E-state index contributed by atoms with van der Waals surface area (Å²) in [7, 11) is 0. The molecule has 1 aliphatic rings. The first-order chi connectivity index (χ1) is 7.75. The van der Waals surface area contributed by atoms with E-state index in [0.717, 1.165) is 5.92 Å². The Labute approximate surface area is 119 Å². The zero-order valence-corrected chi connectivity index (χ0v) is 13.4. The largest absolute Gasteiger partial charge is 0.132 e. The third-order valence-electron chi connectivity index (χ3n) is 3.42. The van der Waals surface area contributed by atoms with E-state index in [2.05, 4.69) is 44.0 Å². The van der Waals surface area contributed by atoms with Crippen molar-refractivity contribution < 1.29 is 0 Å². The van der Waals surface area contributed by atoms with Crippen LogP contribution in [0.4, 0.5) is 0 Å². The number of rotatable bonds is 3. The predicted molar refractivity (Wildman–Crippen MR) is 79.5 cm³/mol. The molecule has 1 atom stereocenters. The first kappa shape index (κ1) is 13.1. The van der Waals surface area contributed by atoms with Crippen molar-refractivity contribution in [3.8, 4) is 0 Å². The second-order valence-electron chi connectivity index (χ2n) is 4.70. The summed E-state index contributed by atoms with van der Waals surface area (Å²) < 4.78 is 1.24. The Hall–Kier alpha value is 0.660. The summed E-state index contributed by atoms with van der Waals surface area (Å²) in [5.41, 5.74) is 0. The minimum absolute atomic E-state index is 0.562. The molecule has 0 radical (unpaired) electrons. The molecular formula is C13H18Br2S. The number of thiophene rings is 1. The average molecular weight is 366 g/mol. The van der Waals surface area contributed by atoms with E-state index in [1.807, 2.05) is 11.3 Å². The van der Waals surface area contributed by atoms with Gasteiger partial charge in [0, 0.05) is 9.70 Å². The zero-order valence-electron chi connectivity index (χ0n) is 9.42. The van der Waals surface area contributed by atoms with Crippen LogP contribution >= 0.6 is 43.2 Å². The molecule has 0 aromatic carbocycles. The van der Waals surface area contributed by atoms with E-state index in [1.165, 1.54) is 53.6 Å². The van der Waals surface area contributed by atoms with Crippen LogP contribution in [0.2, 0.25) is 0 Å². The van der Waals surface area contributed by atoms with Crippen LogP contribution in [0.15, 0.2) is 15.9 Å². The van der Waals surface area contributed by atoms with E-state index >= 15 is 0 Å². The van der Waals surface area contributed by atoms with E-state index in [4.69, 9.17) is 0 Å². The molecule has 0 spiro atoms. The Kier molecular flexibility index (Phi) is 5.37. The molecule has 90 valence electrons. The van der Waals surface area contributed by atoms with Crippen LogP contribution in [0, 0.1) is 5.92 Å². The molecule has 0 saturated heterocycles. The fraction of sp³-hybridized carbons (Fsp3) is 0.692. The lowest BCUT2D eigenvalue weighted by Crippen LogP contribution is -2.02. The second-order valence-corrected chi connectivity index (χ2v) is 8.30. The third kappa shape index (κ3) is 3.85. The van der Waals surface area contributed by atoms with Crippen LogP contribution < -0.4 is 0 Å². The van der Waals surface area contributed by atoms with Crippen molar-refractivity contribution in [1.29, 1.82) is 0 Å². The van der Waals surface area contributed by atoms with Crippen molar-refractivity contribution in [2.75, 3.05) is 0 Å². The minimum Gasteiger partial charge on any atom is -0.132 e. The topological polar surface area (TPSA) is 0 Å². The first-order valence-electron chi connectivity index (χ1n) is 6.15. The number of hydrogen-bond donors (Lipinski definition) is 0. The van der Waals surface area contributed by atoms with E-state index in [-0.39, 0.29) is 0 Å². The van der Waals surface area contributed by atoms with Gasteiger partial charge in [0.1, 0.15) is 0 Å². The molecule has 1 saturated carbocycles. The fourth-order valence-corrected chi connectivity index (χ4v) is 4.88. The smallest absolute Gasteiger partial charge is 0.0701 e. The van der Waals surface area contributed by atoms with Gasteiger partial charge in [-0.25, -0.2) is 0 Å². The SMILES string of the molecule is Brc1ccc(C(Br)CC2CCCCCC2)s1. The molecule has 1 aliphatic carbocycles. The maximum atomic E-state index is 3.85. The van der Waals surface area contributed by atoms with Crippen LogP contribution in [0.25, 0.3) is 0 Å². The summed E-state index contributed by atoms with van der Waals surface area (Å²) in [6.45, 7) is 0. The third-order valence-corrected chi connectivity index (χ3v) is 6.33. The van der Waals surface area contributed by atoms with E-state index in [0.29, 0.717) is 4.83 Å². The average Bonchev–Trinajstić information content (AvgIpc) is 2.54. The summed E-state index contributed by atoms with van der Waals surface area (Å²) >= 11 is 9.25.